The van der Waals surface area contributed by atoms with E-state index in [1.54, 1.807) is 0 Å². The van der Waals surface area contributed by atoms with E-state index in [1.807, 2.05) is 58.5 Å². The SMILES string of the molecule is Cc1cccc(C)c1NC(=O)CN1CCCN(C(=O)CCCCC2CCSS2)CC1. The van der Waals surface area contributed by atoms with Crippen LogP contribution in [0.4, 0.5) is 5.69 Å². The molecule has 1 unspecified atom stereocenters. The van der Waals surface area contributed by atoms with Crippen LogP contribution in [0.25, 0.3) is 0 Å². The number of benzene rings is 1. The quantitative estimate of drug-likeness (QED) is 0.468. The average molecular weight is 450 g/mol. The van der Waals surface area contributed by atoms with Crippen LogP contribution in [0.2, 0.25) is 0 Å². The summed E-state index contributed by atoms with van der Waals surface area (Å²) in [6.45, 7) is 7.58. The number of aryl methyl sites for hydroxylation is 2. The fraction of sp³-hybridized carbons (Fsp3) is 0.652. The van der Waals surface area contributed by atoms with Gasteiger partial charge < -0.3 is 10.2 Å². The lowest BCUT2D eigenvalue weighted by Crippen LogP contribution is -2.38. The highest BCUT2D eigenvalue weighted by Crippen LogP contribution is 2.39. The molecule has 2 heterocycles. The number of hydrogen-bond donors (Lipinski definition) is 1. The van der Waals surface area contributed by atoms with Gasteiger partial charge in [0.2, 0.25) is 11.8 Å². The van der Waals surface area contributed by atoms with Crippen molar-refractivity contribution >= 4 is 39.1 Å². The Balaban J connectivity index is 1.37. The van der Waals surface area contributed by atoms with Crippen molar-refractivity contribution in [3.05, 3.63) is 29.3 Å². The molecule has 2 aliphatic heterocycles. The molecule has 1 N–H and O–H groups in total. The summed E-state index contributed by atoms with van der Waals surface area (Å²) in [5.41, 5.74) is 3.09. The first-order valence-electron chi connectivity index (χ1n) is 11.2. The number of nitrogens with zero attached hydrogens (tertiary/aromatic N) is 2. The zero-order valence-corrected chi connectivity index (χ0v) is 20.0. The fourth-order valence-corrected chi connectivity index (χ4v) is 7.17. The van der Waals surface area contributed by atoms with Gasteiger partial charge in [-0.05, 0) is 50.7 Å². The number of rotatable bonds is 8. The minimum Gasteiger partial charge on any atom is -0.341 e. The summed E-state index contributed by atoms with van der Waals surface area (Å²) in [4.78, 5) is 29.3. The minimum atomic E-state index is 0.0233. The Hall–Kier alpha value is -1.18. The fourth-order valence-electron chi connectivity index (χ4n) is 4.14. The molecule has 0 spiro atoms. The first-order chi connectivity index (χ1) is 14.5. The second-order valence-corrected chi connectivity index (χ2v) is 11.2. The van der Waals surface area contributed by atoms with Crippen molar-refractivity contribution in [1.82, 2.24) is 9.80 Å². The molecule has 0 radical (unpaired) electrons. The third-order valence-electron chi connectivity index (χ3n) is 5.95. The van der Waals surface area contributed by atoms with Gasteiger partial charge in [-0.3, -0.25) is 14.5 Å². The van der Waals surface area contributed by atoms with Gasteiger partial charge in [0.15, 0.2) is 0 Å². The van der Waals surface area contributed by atoms with E-state index in [0.29, 0.717) is 13.0 Å². The van der Waals surface area contributed by atoms with E-state index in [9.17, 15) is 9.59 Å². The van der Waals surface area contributed by atoms with E-state index in [4.69, 9.17) is 0 Å². The van der Waals surface area contributed by atoms with Crippen molar-refractivity contribution in [2.75, 3.05) is 43.8 Å². The molecular formula is C23H35N3O2S2. The molecule has 1 aromatic rings. The molecule has 30 heavy (non-hydrogen) atoms. The Morgan fingerprint density at radius 1 is 1.10 bits per heavy atom. The summed E-state index contributed by atoms with van der Waals surface area (Å²) < 4.78 is 0. The van der Waals surface area contributed by atoms with Gasteiger partial charge in [-0.15, -0.1) is 0 Å². The maximum absolute atomic E-state index is 12.6. The molecule has 3 rings (SSSR count). The smallest absolute Gasteiger partial charge is 0.238 e. The predicted octanol–water partition coefficient (Wildman–Crippen LogP) is 4.49. The Bertz CT molecular complexity index is 702. The second kappa shape index (κ2) is 12.0. The number of amides is 2. The van der Waals surface area contributed by atoms with Crippen molar-refractivity contribution in [3.63, 3.8) is 0 Å². The summed E-state index contributed by atoms with van der Waals surface area (Å²) in [7, 11) is 4.01. The normalized spacial score (nSPS) is 20.2. The van der Waals surface area contributed by atoms with Crippen LogP contribution in [-0.4, -0.2) is 65.3 Å². The standard InChI is InChI=1S/C23H35N3O2S2/c1-18-7-5-8-19(2)23(18)24-21(27)17-25-12-6-13-26(15-14-25)22(28)10-4-3-9-20-11-16-29-30-20/h5,7-8,20H,3-4,6,9-17H2,1-2H3,(H,24,27). The first-order valence-corrected chi connectivity index (χ1v) is 13.6. The third-order valence-corrected chi connectivity index (χ3v) is 8.95. The topological polar surface area (TPSA) is 52.7 Å². The zero-order valence-electron chi connectivity index (χ0n) is 18.3. The Kier molecular flexibility index (Phi) is 9.40. The van der Waals surface area contributed by atoms with E-state index in [1.165, 1.54) is 18.6 Å². The lowest BCUT2D eigenvalue weighted by molar-refractivity contribution is -0.131. The molecule has 0 aromatic heterocycles. The van der Waals surface area contributed by atoms with Crippen LogP contribution in [0.1, 0.15) is 49.7 Å². The Morgan fingerprint density at radius 2 is 1.90 bits per heavy atom. The maximum Gasteiger partial charge on any atom is 0.238 e. The van der Waals surface area contributed by atoms with Crippen molar-refractivity contribution < 1.29 is 9.59 Å². The highest BCUT2D eigenvalue weighted by atomic mass is 33.1. The van der Waals surface area contributed by atoms with Crippen molar-refractivity contribution in [1.29, 1.82) is 0 Å². The van der Waals surface area contributed by atoms with E-state index in [-0.39, 0.29) is 11.8 Å². The lowest BCUT2D eigenvalue weighted by Gasteiger charge is -2.22. The summed E-state index contributed by atoms with van der Waals surface area (Å²) in [6, 6.07) is 6.04. The molecule has 2 fully saturated rings. The van der Waals surface area contributed by atoms with Gasteiger partial charge in [0.05, 0.1) is 6.54 Å². The van der Waals surface area contributed by atoms with Crippen LogP contribution >= 0.6 is 21.6 Å². The molecule has 2 saturated heterocycles. The molecule has 0 aliphatic carbocycles. The number of nitrogens with one attached hydrogen (secondary N) is 1. The van der Waals surface area contributed by atoms with Gasteiger partial charge in [0.25, 0.3) is 0 Å². The summed E-state index contributed by atoms with van der Waals surface area (Å²) >= 11 is 0. The lowest BCUT2D eigenvalue weighted by atomic mass is 10.1. The van der Waals surface area contributed by atoms with E-state index < -0.39 is 0 Å². The number of carbonyl (C=O) groups is 2. The molecule has 1 aromatic carbocycles. The largest absolute Gasteiger partial charge is 0.341 e. The monoisotopic (exact) mass is 449 g/mol. The van der Waals surface area contributed by atoms with Crippen LogP contribution in [-0.2, 0) is 9.59 Å². The van der Waals surface area contributed by atoms with Crippen molar-refractivity contribution in [2.24, 2.45) is 0 Å². The number of carbonyl (C=O) groups excluding carboxylic acids is 2. The molecular weight excluding hydrogens is 414 g/mol. The van der Waals surface area contributed by atoms with E-state index in [0.717, 1.165) is 67.5 Å². The summed E-state index contributed by atoms with van der Waals surface area (Å²) in [5, 5.41) is 3.87. The van der Waals surface area contributed by atoms with Gasteiger partial charge in [-0.2, -0.15) is 0 Å². The number of anilines is 1. The molecule has 0 saturated carbocycles. The van der Waals surface area contributed by atoms with Crippen LogP contribution < -0.4 is 5.32 Å². The molecule has 2 aliphatic rings. The molecule has 0 bridgehead atoms. The highest BCUT2D eigenvalue weighted by molar-refractivity contribution is 8.77. The first kappa shape index (κ1) is 23.5. The third kappa shape index (κ3) is 7.20. The van der Waals surface area contributed by atoms with Gasteiger partial charge in [-0.25, -0.2) is 0 Å². The van der Waals surface area contributed by atoms with Gasteiger partial charge in [-0.1, -0.05) is 46.2 Å². The average Bonchev–Trinajstić information content (AvgIpc) is 3.13. The van der Waals surface area contributed by atoms with Gasteiger partial charge >= 0.3 is 0 Å². The molecule has 1 atom stereocenters. The summed E-state index contributed by atoms with van der Waals surface area (Å²) in [5.74, 6) is 1.58. The number of hydrogen-bond acceptors (Lipinski definition) is 5. The van der Waals surface area contributed by atoms with Crippen LogP contribution in [0.15, 0.2) is 18.2 Å². The Labute approximate surface area is 189 Å². The molecule has 166 valence electrons. The van der Waals surface area contributed by atoms with Crippen molar-refractivity contribution in [2.45, 2.75) is 57.6 Å². The van der Waals surface area contributed by atoms with Gasteiger partial charge in [0, 0.05) is 49.3 Å². The Morgan fingerprint density at radius 3 is 2.63 bits per heavy atom. The molecule has 5 nitrogen and oxygen atoms in total. The minimum absolute atomic E-state index is 0.0233. The summed E-state index contributed by atoms with van der Waals surface area (Å²) in [6.07, 6.45) is 6.31. The zero-order chi connectivity index (χ0) is 21.3. The number of para-hydroxylation sites is 1. The van der Waals surface area contributed by atoms with E-state index >= 15 is 0 Å². The van der Waals surface area contributed by atoms with Crippen LogP contribution in [0.3, 0.4) is 0 Å². The second-order valence-electron chi connectivity index (χ2n) is 8.40. The van der Waals surface area contributed by atoms with E-state index in [2.05, 4.69) is 10.2 Å². The van der Waals surface area contributed by atoms with Crippen molar-refractivity contribution in [3.8, 4) is 0 Å². The number of unbranched alkanes of at least 4 members (excludes halogenated alkanes) is 1. The predicted molar refractivity (Wildman–Crippen MR) is 129 cm³/mol. The highest BCUT2D eigenvalue weighted by Gasteiger charge is 2.21. The molecule has 7 heteroatoms. The van der Waals surface area contributed by atoms with Crippen LogP contribution in [0.5, 0.6) is 0 Å². The maximum atomic E-state index is 12.6. The van der Waals surface area contributed by atoms with Crippen LogP contribution in [0, 0.1) is 13.8 Å². The molecule has 2 amide bonds. The van der Waals surface area contributed by atoms with Gasteiger partial charge in [0.1, 0.15) is 0 Å².